The third-order valence-electron chi connectivity index (χ3n) is 3.36. The molecule has 0 bridgehead atoms. The molecule has 76 valence electrons. The van der Waals surface area contributed by atoms with Gasteiger partial charge in [0.15, 0.2) is 0 Å². The Morgan fingerprint density at radius 1 is 1.00 bits per heavy atom. The maximum absolute atomic E-state index is 3.66. The van der Waals surface area contributed by atoms with Crippen molar-refractivity contribution in [1.82, 2.24) is 5.32 Å². The van der Waals surface area contributed by atoms with Crippen LogP contribution in [0, 0.1) is 11.8 Å². The van der Waals surface area contributed by atoms with Gasteiger partial charge < -0.3 is 5.32 Å². The summed E-state index contributed by atoms with van der Waals surface area (Å²) in [5.41, 5.74) is 0. The smallest absolute Gasteiger partial charge is 0.00122 e. The summed E-state index contributed by atoms with van der Waals surface area (Å²) in [5, 5.41) is 3.66. The molecule has 1 heterocycles. The van der Waals surface area contributed by atoms with E-state index >= 15 is 0 Å². The van der Waals surface area contributed by atoms with Gasteiger partial charge >= 0.3 is 0 Å². The average Bonchev–Trinajstić information content (AvgIpc) is 2.75. The van der Waals surface area contributed by atoms with Crippen molar-refractivity contribution in [3.63, 3.8) is 0 Å². The molecule has 1 aliphatic carbocycles. The van der Waals surface area contributed by atoms with E-state index in [9.17, 15) is 0 Å². The molecule has 2 heteroatoms. The zero-order chi connectivity index (χ0) is 8.93. The van der Waals surface area contributed by atoms with Crippen molar-refractivity contribution in [2.24, 2.45) is 11.8 Å². The summed E-state index contributed by atoms with van der Waals surface area (Å²) in [6, 6.07) is 0. The van der Waals surface area contributed by atoms with E-state index in [4.69, 9.17) is 0 Å². The summed E-state index contributed by atoms with van der Waals surface area (Å²) in [5.74, 6) is 4.79. The first-order valence-electron chi connectivity index (χ1n) is 5.73. The van der Waals surface area contributed by atoms with Crippen LogP contribution in [-0.2, 0) is 0 Å². The molecular weight excluding hydrogens is 178 g/mol. The van der Waals surface area contributed by atoms with Crippen LogP contribution in [0.15, 0.2) is 0 Å². The van der Waals surface area contributed by atoms with Crippen molar-refractivity contribution in [1.29, 1.82) is 0 Å². The van der Waals surface area contributed by atoms with Gasteiger partial charge in [0.2, 0.25) is 0 Å². The third kappa shape index (κ3) is 3.17. The Hall–Kier alpha value is 0.310. The molecule has 1 nitrogen and oxygen atoms in total. The largest absolute Gasteiger partial charge is 0.316 e. The van der Waals surface area contributed by atoms with E-state index in [-0.39, 0.29) is 0 Å². The zero-order valence-electron chi connectivity index (χ0n) is 8.43. The quantitative estimate of drug-likeness (QED) is 0.746. The SMILES string of the molecule is C1CCC(CNCC2CCSC2)C1. The fraction of sp³-hybridized carbons (Fsp3) is 1.00. The first kappa shape index (κ1) is 9.85. The monoisotopic (exact) mass is 199 g/mol. The molecule has 1 saturated carbocycles. The van der Waals surface area contributed by atoms with E-state index in [0.717, 1.165) is 11.8 Å². The first-order valence-corrected chi connectivity index (χ1v) is 6.89. The fourth-order valence-corrected chi connectivity index (χ4v) is 3.73. The van der Waals surface area contributed by atoms with Gasteiger partial charge in [0.05, 0.1) is 0 Å². The van der Waals surface area contributed by atoms with E-state index in [1.54, 1.807) is 0 Å². The molecule has 2 rings (SSSR count). The topological polar surface area (TPSA) is 12.0 Å². The summed E-state index contributed by atoms with van der Waals surface area (Å²) in [7, 11) is 0. The highest BCUT2D eigenvalue weighted by molar-refractivity contribution is 7.99. The molecule has 1 aliphatic heterocycles. The first-order chi connectivity index (χ1) is 6.45. The number of hydrogen-bond acceptors (Lipinski definition) is 2. The van der Waals surface area contributed by atoms with Gasteiger partial charge in [-0.1, -0.05) is 12.8 Å². The number of rotatable bonds is 4. The lowest BCUT2D eigenvalue weighted by Crippen LogP contribution is -2.27. The second kappa shape index (κ2) is 5.26. The van der Waals surface area contributed by atoms with Gasteiger partial charge in [-0.3, -0.25) is 0 Å². The molecule has 0 spiro atoms. The van der Waals surface area contributed by atoms with Crippen LogP contribution in [0.2, 0.25) is 0 Å². The molecule has 1 N–H and O–H groups in total. The van der Waals surface area contributed by atoms with Crippen molar-refractivity contribution in [2.45, 2.75) is 32.1 Å². The molecule has 0 aromatic carbocycles. The minimum Gasteiger partial charge on any atom is -0.316 e. The molecule has 1 unspecified atom stereocenters. The van der Waals surface area contributed by atoms with Crippen LogP contribution in [0.1, 0.15) is 32.1 Å². The van der Waals surface area contributed by atoms with Crippen LogP contribution in [0.5, 0.6) is 0 Å². The molecule has 1 atom stereocenters. The summed E-state index contributed by atoms with van der Waals surface area (Å²) in [4.78, 5) is 0. The van der Waals surface area contributed by atoms with Crippen molar-refractivity contribution in [3.05, 3.63) is 0 Å². The van der Waals surface area contributed by atoms with Crippen LogP contribution in [-0.4, -0.2) is 24.6 Å². The van der Waals surface area contributed by atoms with E-state index in [1.165, 1.54) is 56.7 Å². The maximum Gasteiger partial charge on any atom is -0.00122 e. The Morgan fingerprint density at radius 2 is 1.77 bits per heavy atom. The van der Waals surface area contributed by atoms with Gasteiger partial charge in [-0.2, -0.15) is 11.8 Å². The van der Waals surface area contributed by atoms with Crippen molar-refractivity contribution < 1.29 is 0 Å². The average molecular weight is 199 g/mol. The van der Waals surface area contributed by atoms with Crippen LogP contribution >= 0.6 is 11.8 Å². The second-order valence-corrected chi connectivity index (χ2v) is 5.69. The lowest BCUT2D eigenvalue weighted by molar-refractivity contribution is 0.449. The fourth-order valence-electron chi connectivity index (χ4n) is 2.45. The normalized spacial score (nSPS) is 30.0. The van der Waals surface area contributed by atoms with Crippen molar-refractivity contribution in [2.75, 3.05) is 24.6 Å². The van der Waals surface area contributed by atoms with Gasteiger partial charge in [0.25, 0.3) is 0 Å². The van der Waals surface area contributed by atoms with Gasteiger partial charge in [-0.05, 0) is 55.7 Å². The van der Waals surface area contributed by atoms with Gasteiger partial charge in [0, 0.05) is 0 Å². The zero-order valence-corrected chi connectivity index (χ0v) is 9.24. The van der Waals surface area contributed by atoms with Crippen LogP contribution in [0.4, 0.5) is 0 Å². The number of nitrogens with one attached hydrogen (secondary N) is 1. The highest BCUT2D eigenvalue weighted by atomic mass is 32.2. The number of hydrogen-bond donors (Lipinski definition) is 1. The molecule has 2 fully saturated rings. The Balaban J connectivity index is 1.52. The van der Waals surface area contributed by atoms with Crippen molar-refractivity contribution >= 4 is 11.8 Å². The molecule has 2 aliphatic rings. The van der Waals surface area contributed by atoms with Crippen LogP contribution in [0.25, 0.3) is 0 Å². The predicted octanol–water partition coefficient (Wildman–Crippen LogP) is 2.52. The lowest BCUT2D eigenvalue weighted by Gasteiger charge is -2.13. The second-order valence-electron chi connectivity index (χ2n) is 4.54. The number of thioether (sulfide) groups is 1. The Morgan fingerprint density at radius 3 is 2.46 bits per heavy atom. The third-order valence-corrected chi connectivity index (χ3v) is 4.60. The van der Waals surface area contributed by atoms with Gasteiger partial charge in [-0.25, -0.2) is 0 Å². The van der Waals surface area contributed by atoms with E-state index in [0.29, 0.717) is 0 Å². The van der Waals surface area contributed by atoms with Crippen LogP contribution in [0.3, 0.4) is 0 Å². The van der Waals surface area contributed by atoms with E-state index in [1.807, 2.05) is 0 Å². The van der Waals surface area contributed by atoms with Crippen molar-refractivity contribution in [3.8, 4) is 0 Å². The van der Waals surface area contributed by atoms with Crippen LogP contribution < -0.4 is 5.32 Å². The Bertz CT molecular complexity index is 121. The predicted molar refractivity (Wildman–Crippen MR) is 60.3 cm³/mol. The standard InChI is InChI=1S/C11H21NS/c1-2-4-10(3-1)7-12-8-11-5-6-13-9-11/h10-12H,1-9H2. The molecule has 13 heavy (non-hydrogen) atoms. The Labute approximate surface area is 86.0 Å². The minimum atomic E-state index is 0.978. The maximum atomic E-state index is 3.66. The highest BCUT2D eigenvalue weighted by Gasteiger charge is 2.17. The molecule has 0 amide bonds. The molecule has 0 aromatic heterocycles. The summed E-state index contributed by atoms with van der Waals surface area (Å²) >= 11 is 2.12. The van der Waals surface area contributed by atoms with E-state index < -0.39 is 0 Å². The highest BCUT2D eigenvalue weighted by Crippen LogP contribution is 2.25. The molecule has 1 saturated heterocycles. The molecule has 0 aromatic rings. The summed E-state index contributed by atoms with van der Waals surface area (Å²) in [6.07, 6.45) is 7.36. The molecule has 0 radical (unpaired) electrons. The minimum absolute atomic E-state index is 0.978. The lowest BCUT2D eigenvalue weighted by atomic mass is 10.1. The summed E-state index contributed by atoms with van der Waals surface area (Å²) < 4.78 is 0. The Kier molecular flexibility index (Phi) is 3.98. The summed E-state index contributed by atoms with van der Waals surface area (Å²) in [6.45, 7) is 2.57. The molecular formula is C11H21NS. The van der Waals surface area contributed by atoms with Gasteiger partial charge in [-0.15, -0.1) is 0 Å². The van der Waals surface area contributed by atoms with E-state index in [2.05, 4.69) is 17.1 Å². The van der Waals surface area contributed by atoms with Gasteiger partial charge in [0.1, 0.15) is 0 Å².